The summed E-state index contributed by atoms with van der Waals surface area (Å²) in [4.78, 5) is -0.261. The summed E-state index contributed by atoms with van der Waals surface area (Å²) in [6.07, 6.45) is 0. The van der Waals surface area contributed by atoms with Crippen molar-refractivity contribution in [1.82, 2.24) is 0 Å². The van der Waals surface area contributed by atoms with Gasteiger partial charge < -0.3 is 0 Å². The highest BCUT2D eigenvalue weighted by Gasteiger charge is 2.17. The highest BCUT2D eigenvalue weighted by atomic mass is 35.7. The fourth-order valence-corrected chi connectivity index (χ4v) is 3.52. The fourth-order valence-electron chi connectivity index (χ4n) is 0.577. The Morgan fingerprint density at radius 1 is 1.31 bits per heavy atom. The highest BCUT2D eigenvalue weighted by Crippen LogP contribution is 2.24. The number of nitrogens with two attached hydrogens (primary N) is 1. The third-order valence-electron chi connectivity index (χ3n) is 1.11. The van der Waals surface area contributed by atoms with Crippen molar-refractivity contribution in [3.63, 3.8) is 0 Å². The van der Waals surface area contributed by atoms with E-state index in [4.69, 9.17) is 15.8 Å². The minimum Gasteiger partial charge on any atom is -0.224 e. The van der Waals surface area contributed by atoms with Gasteiger partial charge in [0.05, 0.1) is 4.90 Å². The maximum atomic E-state index is 10.7. The molecule has 0 bridgehead atoms. The van der Waals surface area contributed by atoms with Crippen LogP contribution in [0.1, 0.15) is 0 Å². The van der Waals surface area contributed by atoms with Crippen LogP contribution in [-0.4, -0.2) is 16.8 Å². The zero-order valence-electron chi connectivity index (χ0n) is 5.97. The molecule has 5 nitrogen and oxygen atoms in total. The van der Waals surface area contributed by atoms with Gasteiger partial charge in [0.25, 0.3) is 9.05 Å². The van der Waals surface area contributed by atoms with E-state index in [0.717, 1.165) is 11.4 Å². The zero-order chi connectivity index (χ0) is 10.3. The lowest BCUT2D eigenvalue weighted by atomic mass is 10.7. The Bertz CT molecular complexity index is 467. The van der Waals surface area contributed by atoms with Crippen molar-refractivity contribution >= 4 is 41.1 Å². The molecule has 0 spiro atoms. The molecule has 0 aliphatic heterocycles. The summed E-state index contributed by atoms with van der Waals surface area (Å²) < 4.78 is 42.6. The van der Waals surface area contributed by atoms with E-state index in [-0.39, 0.29) is 9.10 Å². The van der Waals surface area contributed by atoms with Crippen molar-refractivity contribution in [2.24, 2.45) is 5.14 Å². The Hall–Kier alpha value is -0.150. The van der Waals surface area contributed by atoms with Gasteiger partial charge in [-0.15, -0.1) is 11.3 Å². The molecule has 0 radical (unpaired) electrons. The second kappa shape index (κ2) is 3.21. The second-order valence-electron chi connectivity index (χ2n) is 2.08. The van der Waals surface area contributed by atoms with Crippen LogP contribution in [0.15, 0.2) is 20.6 Å². The van der Waals surface area contributed by atoms with Crippen molar-refractivity contribution in [3.05, 3.63) is 11.4 Å². The molecule has 0 aliphatic carbocycles. The van der Waals surface area contributed by atoms with Crippen molar-refractivity contribution in [2.45, 2.75) is 9.10 Å². The number of thiophene rings is 1. The maximum absolute atomic E-state index is 10.7. The van der Waals surface area contributed by atoms with Crippen molar-refractivity contribution < 1.29 is 16.8 Å². The van der Waals surface area contributed by atoms with Gasteiger partial charge in [0.15, 0.2) is 0 Å². The van der Waals surface area contributed by atoms with Gasteiger partial charge in [0.2, 0.25) is 10.0 Å². The Morgan fingerprint density at radius 2 is 1.85 bits per heavy atom. The third kappa shape index (κ3) is 2.64. The Kier molecular flexibility index (Phi) is 2.70. The molecule has 0 saturated carbocycles. The first-order valence-electron chi connectivity index (χ1n) is 2.77. The molecule has 0 saturated heterocycles. The minimum atomic E-state index is -3.88. The normalized spacial score (nSPS) is 13.1. The van der Waals surface area contributed by atoms with Crippen LogP contribution in [0, 0.1) is 0 Å². The topological polar surface area (TPSA) is 94.3 Å². The molecule has 1 heterocycles. The van der Waals surface area contributed by atoms with Crippen LogP contribution in [0.25, 0.3) is 0 Å². The Balaban J connectivity index is 3.32. The van der Waals surface area contributed by atoms with Gasteiger partial charge in [-0.3, -0.25) is 0 Å². The molecule has 9 heteroatoms. The molecule has 1 aromatic rings. The molecule has 1 aromatic heterocycles. The van der Waals surface area contributed by atoms with Crippen LogP contribution in [0.3, 0.4) is 0 Å². The lowest BCUT2D eigenvalue weighted by Gasteiger charge is -1.88. The smallest absolute Gasteiger partial charge is 0.224 e. The molecule has 74 valence electrons. The molecule has 13 heavy (non-hydrogen) atoms. The van der Waals surface area contributed by atoms with Crippen molar-refractivity contribution in [2.75, 3.05) is 0 Å². The first-order valence-corrected chi connectivity index (χ1v) is 7.51. The van der Waals surface area contributed by atoms with E-state index in [1.807, 2.05) is 0 Å². The van der Waals surface area contributed by atoms with E-state index >= 15 is 0 Å². The maximum Gasteiger partial charge on any atom is 0.262 e. The van der Waals surface area contributed by atoms with Gasteiger partial charge in [0.1, 0.15) is 4.21 Å². The number of rotatable bonds is 2. The average molecular weight is 262 g/mol. The molecule has 0 amide bonds. The van der Waals surface area contributed by atoms with Gasteiger partial charge in [-0.2, -0.15) is 0 Å². The van der Waals surface area contributed by atoms with Gasteiger partial charge >= 0.3 is 0 Å². The summed E-state index contributed by atoms with van der Waals surface area (Å²) >= 11 is 0.707. The minimum absolute atomic E-state index is 0.230. The predicted molar refractivity (Wildman–Crippen MR) is 48.7 cm³/mol. The number of hydrogen-bond acceptors (Lipinski definition) is 5. The van der Waals surface area contributed by atoms with E-state index in [1.165, 1.54) is 0 Å². The van der Waals surface area contributed by atoms with Crippen LogP contribution >= 0.6 is 22.0 Å². The molecular formula is C4H4ClNO4S3. The van der Waals surface area contributed by atoms with Crippen molar-refractivity contribution in [3.8, 4) is 0 Å². The van der Waals surface area contributed by atoms with Crippen LogP contribution < -0.4 is 5.14 Å². The van der Waals surface area contributed by atoms with Crippen molar-refractivity contribution in [1.29, 1.82) is 0 Å². The van der Waals surface area contributed by atoms with Crippen LogP contribution in [0.4, 0.5) is 0 Å². The van der Waals surface area contributed by atoms with Crippen LogP contribution in [0.2, 0.25) is 0 Å². The monoisotopic (exact) mass is 261 g/mol. The average Bonchev–Trinajstić information content (AvgIpc) is 2.28. The highest BCUT2D eigenvalue weighted by molar-refractivity contribution is 8.13. The van der Waals surface area contributed by atoms with Crippen LogP contribution in [0.5, 0.6) is 0 Å². The SMILES string of the molecule is NS(=O)(=O)c1cc(S(=O)(=O)Cl)cs1. The largest absolute Gasteiger partial charge is 0.262 e. The zero-order valence-corrected chi connectivity index (χ0v) is 9.17. The molecule has 0 fully saturated rings. The number of hydrogen-bond donors (Lipinski definition) is 1. The van der Waals surface area contributed by atoms with E-state index in [2.05, 4.69) is 0 Å². The quantitative estimate of drug-likeness (QED) is 0.776. The first kappa shape index (κ1) is 10.9. The van der Waals surface area contributed by atoms with Gasteiger partial charge in [-0.05, 0) is 6.07 Å². The standard InChI is InChI=1S/C4H4ClNO4S3/c5-12(7,8)3-1-4(11-2-3)13(6,9)10/h1-2H,(H2,6,9,10). The summed E-state index contributed by atoms with van der Waals surface area (Å²) in [5.41, 5.74) is 0. The fraction of sp³-hybridized carbons (Fsp3) is 0. The lowest BCUT2D eigenvalue weighted by molar-refractivity contribution is 0.599. The van der Waals surface area contributed by atoms with E-state index in [0.29, 0.717) is 11.3 Å². The summed E-state index contributed by atoms with van der Waals surface area (Å²) in [6, 6.07) is 0.919. The number of primary sulfonamides is 1. The summed E-state index contributed by atoms with van der Waals surface area (Å²) in [5.74, 6) is 0. The summed E-state index contributed by atoms with van der Waals surface area (Å²) in [5, 5.41) is 5.87. The molecule has 0 atom stereocenters. The van der Waals surface area contributed by atoms with E-state index in [9.17, 15) is 16.8 Å². The number of sulfonamides is 1. The Morgan fingerprint density at radius 3 is 2.08 bits per heavy atom. The molecule has 0 aromatic carbocycles. The predicted octanol–water partition coefficient (Wildman–Crippen LogP) is 0.323. The summed E-state index contributed by atoms with van der Waals surface area (Å²) in [7, 11) is -2.76. The van der Waals surface area contributed by atoms with Gasteiger partial charge in [0, 0.05) is 16.1 Å². The molecule has 1 rings (SSSR count). The van der Waals surface area contributed by atoms with Gasteiger partial charge in [-0.1, -0.05) is 0 Å². The second-order valence-corrected chi connectivity index (χ2v) is 7.35. The first-order chi connectivity index (χ1) is 5.71. The van der Waals surface area contributed by atoms with Gasteiger partial charge in [-0.25, -0.2) is 22.0 Å². The molecular weight excluding hydrogens is 258 g/mol. The lowest BCUT2D eigenvalue weighted by Crippen LogP contribution is -2.10. The third-order valence-corrected chi connectivity index (χ3v) is 4.98. The molecule has 0 unspecified atom stereocenters. The molecule has 0 aliphatic rings. The van der Waals surface area contributed by atoms with E-state index < -0.39 is 19.1 Å². The van der Waals surface area contributed by atoms with Crippen LogP contribution in [-0.2, 0) is 19.1 Å². The Labute approximate surface area is 83.6 Å². The summed E-state index contributed by atoms with van der Waals surface area (Å²) in [6.45, 7) is 0. The number of halogens is 1. The van der Waals surface area contributed by atoms with E-state index in [1.54, 1.807) is 0 Å². The molecule has 2 N–H and O–H groups in total.